The predicted octanol–water partition coefficient (Wildman–Crippen LogP) is 4.62. The van der Waals surface area contributed by atoms with E-state index in [1.165, 1.54) is 0 Å². The van der Waals surface area contributed by atoms with Crippen LogP contribution >= 0.6 is 0 Å². The summed E-state index contributed by atoms with van der Waals surface area (Å²) in [6.07, 6.45) is 0. The molecule has 0 bridgehead atoms. The van der Waals surface area contributed by atoms with Crippen LogP contribution in [0.5, 0.6) is 5.75 Å². The Kier molecular flexibility index (Phi) is 6.69. The van der Waals surface area contributed by atoms with Crippen LogP contribution in [0.1, 0.15) is 27.4 Å². The fraction of sp³-hybridized carbons (Fsp3) is 0.192. The molecule has 168 valence electrons. The van der Waals surface area contributed by atoms with Crippen molar-refractivity contribution in [1.29, 1.82) is 0 Å². The lowest BCUT2D eigenvalue weighted by atomic mass is 10.1. The second-order valence-corrected chi connectivity index (χ2v) is 7.91. The maximum atomic E-state index is 12.8. The van der Waals surface area contributed by atoms with Gasteiger partial charge in [-0.15, -0.1) is 0 Å². The maximum Gasteiger partial charge on any atom is 0.264 e. The van der Waals surface area contributed by atoms with E-state index in [4.69, 9.17) is 9.26 Å². The van der Waals surface area contributed by atoms with Crippen molar-refractivity contribution in [3.8, 4) is 17.1 Å². The Morgan fingerprint density at radius 3 is 2.45 bits per heavy atom. The number of ether oxygens (including phenoxy) is 1. The Bertz CT molecular complexity index is 1220. The zero-order chi connectivity index (χ0) is 23.2. The minimum atomic E-state index is -0.215. The Morgan fingerprint density at radius 1 is 1.00 bits per heavy atom. The van der Waals surface area contributed by atoms with Gasteiger partial charge in [0.15, 0.2) is 6.61 Å². The lowest BCUT2D eigenvalue weighted by Crippen LogP contribution is -2.23. The molecule has 0 saturated heterocycles. The monoisotopic (exact) mass is 442 g/mol. The second-order valence-electron chi connectivity index (χ2n) is 7.91. The summed E-state index contributed by atoms with van der Waals surface area (Å²) in [5, 5.41) is 6.97. The van der Waals surface area contributed by atoms with E-state index in [0.29, 0.717) is 29.6 Å². The number of carbonyl (C=O) groups is 1. The minimum absolute atomic E-state index is 0.0646. The largest absolute Gasteiger partial charge is 0.483 e. The van der Waals surface area contributed by atoms with Gasteiger partial charge in [-0.2, -0.15) is 4.98 Å². The van der Waals surface area contributed by atoms with Crippen molar-refractivity contribution in [3.63, 3.8) is 0 Å². The smallest absolute Gasteiger partial charge is 0.264 e. The maximum absolute atomic E-state index is 12.8. The topological polar surface area (TPSA) is 80.5 Å². The third-order valence-corrected chi connectivity index (χ3v) is 5.17. The zero-order valence-corrected chi connectivity index (χ0v) is 18.9. The van der Waals surface area contributed by atoms with Crippen molar-refractivity contribution in [2.75, 3.05) is 19.0 Å². The molecular formula is C26H26N4O3. The summed E-state index contributed by atoms with van der Waals surface area (Å²) in [6, 6.07) is 23.0. The molecule has 0 unspecified atom stereocenters. The van der Waals surface area contributed by atoms with Crippen molar-refractivity contribution in [1.82, 2.24) is 15.5 Å². The van der Waals surface area contributed by atoms with E-state index in [-0.39, 0.29) is 12.5 Å². The van der Waals surface area contributed by atoms with Gasteiger partial charge in [-0.25, -0.2) is 0 Å². The van der Waals surface area contributed by atoms with Gasteiger partial charge < -0.3 is 19.5 Å². The summed E-state index contributed by atoms with van der Waals surface area (Å²) in [5.41, 5.74) is 4.60. The van der Waals surface area contributed by atoms with Crippen molar-refractivity contribution >= 4 is 11.6 Å². The zero-order valence-electron chi connectivity index (χ0n) is 18.9. The average Bonchev–Trinajstić information content (AvgIpc) is 3.31. The first kappa shape index (κ1) is 22.1. The summed E-state index contributed by atoms with van der Waals surface area (Å²) in [4.78, 5) is 19.2. The molecule has 1 N–H and O–H groups in total. The van der Waals surface area contributed by atoms with Crippen LogP contribution in [0.4, 0.5) is 5.69 Å². The van der Waals surface area contributed by atoms with Gasteiger partial charge in [0.1, 0.15) is 5.75 Å². The number of anilines is 1. The highest BCUT2D eigenvalue weighted by Crippen LogP contribution is 2.21. The number of nitrogens with zero attached hydrogens (tertiary/aromatic N) is 3. The van der Waals surface area contributed by atoms with Crippen LogP contribution < -0.4 is 15.0 Å². The van der Waals surface area contributed by atoms with Crippen LogP contribution in [0.2, 0.25) is 0 Å². The molecular weight excluding hydrogens is 416 g/mol. The summed E-state index contributed by atoms with van der Waals surface area (Å²) in [5.74, 6) is 1.07. The Hall–Kier alpha value is -4.13. The fourth-order valence-corrected chi connectivity index (χ4v) is 3.24. The number of hydrogen-bond acceptors (Lipinski definition) is 6. The summed E-state index contributed by atoms with van der Waals surface area (Å²) in [7, 11) is 3.98. The highest BCUT2D eigenvalue weighted by atomic mass is 16.5. The molecule has 4 rings (SSSR count). The Balaban J connectivity index is 1.38. The third kappa shape index (κ3) is 5.57. The number of rotatable bonds is 8. The molecule has 0 aliphatic rings. The van der Waals surface area contributed by atoms with E-state index in [1.54, 1.807) is 18.2 Å². The van der Waals surface area contributed by atoms with E-state index in [1.807, 2.05) is 80.5 Å². The number of para-hydroxylation sites is 1. The number of hydrogen-bond donors (Lipinski definition) is 1. The number of amides is 1. The number of benzene rings is 3. The first-order valence-corrected chi connectivity index (χ1v) is 10.7. The number of aromatic nitrogens is 2. The second kappa shape index (κ2) is 9.99. The molecule has 7 nitrogen and oxygen atoms in total. The van der Waals surface area contributed by atoms with Gasteiger partial charge in [0.05, 0.1) is 5.56 Å². The van der Waals surface area contributed by atoms with Crippen LogP contribution in [-0.4, -0.2) is 30.1 Å². The molecule has 0 atom stereocenters. The molecule has 1 amide bonds. The van der Waals surface area contributed by atoms with Crippen LogP contribution in [-0.2, 0) is 13.2 Å². The van der Waals surface area contributed by atoms with Gasteiger partial charge in [0, 0.05) is 31.9 Å². The van der Waals surface area contributed by atoms with Gasteiger partial charge in [0.2, 0.25) is 5.82 Å². The summed E-state index contributed by atoms with van der Waals surface area (Å²) >= 11 is 0. The van der Waals surface area contributed by atoms with Crippen LogP contribution in [0.15, 0.2) is 77.3 Å². The molecule has 0 radical (unpaired) electrons. The molecule has 4 aromatic rings. The third-order valence-electron chi connectivity index (χ3n) is 5.17. The lowest BCUT2D eigenvalue weighted by Gasteiger charge is -2.13. The number of aryl methyl sites for hydroxylation is 1. The molecule has 7 heteroatoms. The van der Waals surface area contributed by atoms with Crippen LogP contribution in [0.3, 0.4) is 0 Å². The standard InChI is InChI=1S/C26H26N4O3/c1-18-8-12-20(13-9-18)25-28-24(33-29-25)17-32-23-7-5-4-6-22(23)26(31)27-16-19-10-14-21(15-11-19)30(2)3/h4-15H,16-17H2,1-3H3,(H,27,31). The highest BCUT2D eigenvalue weighted by molar-refractivity contribution is 5.96. The quantitative estimate of drug-likeness (QED) is 0.429. The van der Waals surface area contributed by atoms with E-state index in [0.717, 1.165) is 22.4 Å². The van der Waals surface area contributed by atoms with E-state index < -0.39 is 0 Å². The van der Waals surface area contributed by atoms with Crippen molar-refractivity contribution in [2.24, 2.45) is 0 Å². The molecule has 0 aliphatic heterocycles. The van der Waals surface area contributed by atoms with Crippen molar-refractivity contribution in [3.05, 3.63) is 95.4 Å². The van der Waals surface area contributed by atoms with Crippen molar-refractivity contribution < 1.29 is 14.1 Å². The van der Waals surface area contributed by atoms with E-state index >= 15 is 0 Å². The molecule has 1 heterocycles. The lowest BCUT2D eigenvalue weighted by molar-refractivity contribution is 0.0945. The predicted molar refractivity (Wildman–Crippen MR) is 127 cm³/mol. The molecule has 33 heavy (non-hydrogen) atoms. The number of nitrogens with one attached hydrogen (secondary N) is 1. The molecule has 3 aromatic carbocycles. The van der Waals surface area contributed by atoms with E-state index in [2.05, 4.69) is 15.5 Å². The Morgan fingerprint density at radius 2 is 1.73 bits per heavy atom. The first-order valence-electron chi connectivity index (χ1n) is 10.7. The molecule has 0 aliphatic carbocycles. The molecule has 0 spiro atoms. The molecule has 1 aromatic heterocycles. The molecule has 0 fully saturated rings. The van der Waals surface area contributed by atoms with Crippen molar-refractivity contribution in [2.45, 2.75) is 20.1 Å². The van der Waals surface area contributed by atoms with Gasteiger partial charge in [-0.3, -0.25) is 4.79 Å². The fourth-order valence-electron chi connectivity index (χ4n) is 3.24. The number of carbonyl (C=O) groups excluding carboxylic acids is 1. The average molecular weight is 443 g/mol. The Labute approximate surface area is 193 Å². The first-order chi connectivity index (χ1) is 16.0. The van der Waals surface area contributed by atoms with Crippen LogP contribution in [0.25, 0.3) is 11.4 Å². The van der Waals surface area contributed by atoms with Gasteiger partial charge in [0.25, 0.3) is 11.8 Å². The molecule has 0 saturated carbocycles. The van der Waals surface area contributed by atoms with Crippen LogP contribution in [0, 0.1) is 6.92 Å². The highest BCUT2D eigenvalue weighted by Gasteiger charge is 2.14. The summed E-state index contributed by atoms with van der Waals surface area (Å²) < 4.78 is 11.2. The van der Waals surface area contributed by atoms with Gasteiger partial charge >= 0.3 is 0 Å². The minimum Gasteiger partial charge on any atom is -0.483 e. The SMILES string of the molecule is Cc1ccc(-c2noc(COc3ccccc3C(=O)NCc3ccc(N(C)C)cc3)n2)cc1. The van der Waals surface area contributed by atoms with Gasteiger partial charge in [-0.05, 0) is 36.8 Å². The van der Waals surface area contributed by atoms with Gasteiger partial charge in [-0.1, -0.05) is 59.3 Å². The normalized spacial score (nSPS) is 10.6. The summed E-state index contributed by atoms with van der Waals surface area (Å²) in [6.45, 7) is 2.51. The van der Waals surface area contributed by atoms with E-state index in [9.17, 15) is 4.79 Å².